The molecule has 0 radical (unpaired) electrons. The van der Waals surface area contributed by atoms with Crippen LogP contribution < -0.4 is 20.1 Å². The zero-order chi connectivity index (χ0) is 17.5. The minimum Gasteiger partial charge on any atom is -0.493 e. The van der Waals surface area contributed by atoms with Crippen LogP contribution in [0.2, 0.25) is 0 Å². The van der Waals surface area contributed by atoms with E-state index in [2.05, 4.69) is 20.8 Å². The van der Waals surface area contributed by atoms with Gasteiger partial charge in [0.25, 0.3) is 5.91 Å². The summed E-state index contributed by atoms with van der Waals surface area (Å²) in [7, 11) is 1.55. The lowest BCUT2D eigenvalue weighted by atomic mass is 10.2. The highest BCUT2D eigenvalue weighted by Crippen LogP contribution is 2.25. The van der Waals surface area contributed by atoms with Crippen molar-refractivity contribution < 1.29 is 14.3 Å². The standard InChI is InChI=1S/C18H22N4O3/c1-24-14-8-4-5-9-15(14)25-12-18(23)20-17-11-10-16(21-22-17)19-13-6-2-3-7-13/h4-5,8-11,13H,2-3,6-7,12H2,1H3,(H,19,21)(H,20,22,23). The summed E-state index contributed by atoms with van der Waals surface area (Å²) in [4.78, 5) is 12.0. The number of carbonyl (C=O) groups excluding carboxylic acids is 1. The lowest BCUT2D eigenvalue weighted by molar-refractivity contribution is -0.118. The molecule has 7 nitrogen and oxygen atoms in total. The quantitative estimate of drug-likeness (QED) is 0.805. The van der Waals surface area contributed by atoms with Crippen molar-refractivity contribution in [1.29, 1.82) is 0 Å². The van der Waals surface area contributed by atoms with Gasteiger partial charge in [-0.3, -0.25) is 4.79 Å². The summed E-state index contributed by atoms with van der Waals surface area (Å²) < 4.78 is 10.7. The molecule has 0 spiro atoms. The number of hydrogen-bond acceptors (Lipinski definition) is 6. The highest BCUT2D eigenvalue weighted by Gasteiger charge is 2.15. The number of amides is 1. The van der Waals surface area contributed by atoms with Crippen molar-refractivity contribution in [3.63, 3.8) is 0 Å². The van der Waals surface area contributed by atoms with E-state index >= 15 is 0 Å². The fourth-order valence-corrected chi connectivity index (χ4v) is 2.82. The molecular weight excluding hydrogens is 320 g/mol. The Morgan fingerprint density at radius 1 is 1.08 bits per heavy atom. The molecule has 2 aromatic rings. The van der Waals surface area contributed by atoms with Crippen molar-refractivity contribution in [2.75, 3.05) is 24.4 Å². The molecule has 1 fully saturated rings. The van der Waals surface area contributed by atoms with Gasteiger partial charge in [-0.1, -0.05) is 25.0 Å². The van der Waals surface area contributed by atoms with Crippen molar-refractivity contribution >= 4 is 17.5 Å². The Bertz CT molecular complexity index is 700. The van der Waals surface area contributed by atoms with Gasteiger partial charge in [-0.25, -0.2) is 0 Å². The van der Waals surface area contributed by atoms with E-state index in [9.17, 15) is 4.79 Å². The fourth-order valence-electron chi connectivity index (χ4n) is 2.82. The summed E-state index contributed by atoms with van der Waals surface area (Å²) in [6.45, 7) is -0.135. The van der Waals surface area contributed by atoms with Gasteiger partial charge >= 0.3 is 0 Å². The molecule has 7 heteroatoms. The summed E-state index contributed by atoms with van der Waals surface area (Å²) in [5, 5.41) is 14.1. The average Bonchev–Trinajstić information content (AvgIpc) is 3.15. The lowest BCUT2D eigenvalue weighted by Crippen LogP contribution is -2.21. The van der Waals surface area contributed by atoms with Crippen LogP contribution >= 0.6 is 0 Å². The van der Waals surface area contributed by atoms with Crippen molar-refractivity contribution in [1.82, 2.24) is 10.2 Å². The Balaban J connectivity index is 1.49. The van der Waals surface area contributed by atoms with Crippen LogP contribution in [0.25, 0.3) is 0 Å². The highest BCUT2D eigenvalue weighted by atomic mass is 16.5. The lowest BCUT2D eigenvalue weighted by Gasteiger charge is -2.12. The molecule has 1 aliphatic rings. The Morgan fingerprint density at radius 3 is 2.44 bits per heavy atom. The molecule has 1 saturated carbocycles. The molecule has 1 aromatic carbocycles. The first-order chi connectivity index (χ1) is 12.2. The molecule has 132 valence electrons. The third kappa shape index (κ3) is 4.82. The largest absolute Gasteiger partial charge is 0.493 e. The van der Waals surface area contributed by atoms with Crippen LogP contribution in [0.3, 0.4) is 0 Å². The van der Waals surface area contributed by atoms with E-state index < -0.39 is 0 Å². The maximum atomic E-state index is 12.0. The Kier molecular flexibility index (Phi) is 5.66. The second-order valence-corrected chi connectivity index (χ2v) is 5.92. The molecule has 0 bridgehead atoms. The third-order valence-electron chi connectivity index (χ3n) is 4.07. The summed E-state index contributed by atoms with van der Waals surface area (Å²) in [6, 6.07) is 11.2. The molecule has 0 saturated heterocycles. The predicted octanol–water partition coefficient (Wildman–Crippen LogP) is 2.86. The molecule has 1 amide bonds. The van der Waals surface area contributed by atoms with E-state index in [4.69, 9.17) is 9.47 Å². The monoisotopic (exact) mass is 342 g/mol. The maximum Gasteiger partial charge on any atom is 0.263 e. The van der Waals surface area contributed by atoms with Crippen LogP contribution in [0.15, 0.2) is 36.4 Å². The second-order valence-electron chi connectivity index (χ2n) is 5.92. The number of nitrogens with one attached hydrogen (secondary N) is 2. The molecule has 1 aromatic heterocycles. The maximum absolute atomic E-state index is 12.0. The minimum atomic E-state index is -0.309. The molecule has 1 aliphatic carbocycles. The first-order valence-electron chi connectivity index (χ1n) is 8.40. The number of benzene rings is 1. The Labute approximate surface area is 146 Å². The Morgan fingerprint density at radius 2 is 1.76 bits per heavy atom. The van der Waals surface area contributed by atoms with Crippen molar-refractivity contribution in [3.8, 4) is 11.5 Å². The molecular formula is C18H22N4O3. The van der Waals surface area contributed by atoms with Crippen molar-refractivity contribution in [2.24, 2.45) is 0 Å². The van der Waals surface area contributed by atoms with Gasteiger partial charge in [0.2, 0.25) is 0 Å². The number of methoxy groups -OCH3 is 1. The second kappa shape index (κ2) is 8.32. The van der Waals surface area contributed by atoms with Crippen molar-refractivity contribution in [2.45, 2.75) is 31.7 Å². The fraction of sp³-hybridized carbons (Fsp3) is 0.389. The number of carbonyl (C=O) groups is 1. The zero-order valence-electron chi connectivity index (χ0n) is 14.2. The van der Waals surface area contributed by atoms with Crippen LogP contribution in [0.5, 0.6) is 11.5 Å². The summed E-state index contributed by atoms with van der Waals surface area (Å²) in [6.07, 6.45) is 4.85. The summed E-state index contributed by atoms with van der Waals surface area (Å²) in [5.74, 6) is 1.91. The molecule has 0 unspecified atom stereocenters. The van der Waals surface area contributed by atoms with Crippen LogP contribution in [0.1, 0.15) is 25.7 Å². The highest BCUT2D eigenvalue weighted by molar-refractivity contribution is 5.90. The molecule has 2 N–H and O–H groups in total. The van der Waals surface area contributed by atoms with Gasteiger partial charge in [-0.2, -0.15) is 0 Å². The molecule has 0 aliphatic heterocycles. The van der Waals surface area contributed by atoms with Gasteiger partial charge in [-0.15, -0.1) is 10.2 Å². The van der Waals surface area contributed by atoms with E-state index in [1.54, 1.807) is 25.3 Å². The number of para-hydroxylation sites is 2. The average molecular weight is 342 g/mol. The van der Waals surface area contributed by atoms with E-state index in [-0.39, 0.29) is 12.5 Å². The van der Waals surface area contributed by atoms with E-state index in [0.29, 0.717) is 23.4 Å². The third-order valence-corrected chi connectivity index (χ3v) is 4.07. The SMILES string of the molecule is COc1ccccc1OCC(=O)Nc1ccc(NC2CCCC2)nn1. The topological polar surface area (TPSA) is 85.4 Å². The Hall–Kier alpha value is -2.83. The number of hydrogen-bond donors (Lipinski definition) is 2. The summed E-state index contributed by atoms with van der Waals surface area (Å²) in [5.41, 5.74) is 0. The minimum absolute atomic E-state index is 0.135. The van der Waals surface area contributed by atoms with E-state index in [0.717, 1.165) is 5.82 Å². The number of ether oxygens (including phenoxy) is 2. The predicted molar refractivity (Wildman–Crippen MR) is 95.0 cm³/mol. The van der Waals surface area contributed by atoms with E-state index in [1.807, 2.05) is 18.2 Å². The van der Waals surface area contributed by atoms with Gasteiger partial charge in [0.05, 0.1) is 7.11 Å². The summed E-state index contributed by atoms with van der Waals surface area (Å²) >= 11 is 0. The normalized spacial score (nSPS) is 14.1. The molecule has 1 heterocycles. The smallest absolute Gasteiger partial charge is 0.263 e. The van der Waals surface area contributed by atoms with Crippen LogP contribution in [0, 0.1) is 0 Å². The van der Waals surface area contributed by atoms with Gasteiger partial charge in [0.15, 0.2) is 23.9 Å². The van der Waals surface area contributed by atoms with Crippen LogP contribution in [-0.4, -0.2) is 35.9 Å². The van der Waals surface area contributed by atoms with Crippen molar-refractivity contribution in [3.05, 3.63) is 36.4 Å². The van der Waals surface area contributed by atoms with Gasteiger partial charge in [0.1, 0.15) is 5.82 Å². The first-order valence-corrected chi connectivity index (χ1v) is 8.40. The van der Waals surface area contributed by atoms with E-state index in [1.165, 1.54) is 25.7 Å². The number of anilines is 2. The number of nitrogens with zero attached hydrogens (tertiary/aromatic N) is 2. The van der Waals surface area contributed by atoms with Crippen LogP contribution in [0.4, 0.5) is 11.6 Å². The zero-order valence-corrected chi connectivity index (χ0v) is 14.2. The number of rotatable bonds is 7. The van der Waals surface area contributed by atoms with Gasteiger partial charge in [0, 0.05) is 6.04 Å². The number of aromatic nitrogens is 2. The van der Waals surface area contributed by atoms with Gasteiger partial charge < -0.3 is 20.1 Å². The first kappa shape index (κ1) is 17.0. The van der Waals surface area contributed by atoms with Gasteiger partial charge in [-0.05, 0) is 37.1 Å². The molecule has 0 atom stereocenters. The molecule has 25 heavy (non-hydrogen) atoms. The molecule has 3 rings (SSSR count). The van der Waals surface area contributed by atoms with Crippen LogP contribution in [-0.2, 0) is 4.79 Å².